The van der Waals surface area contributed by atoms with Crippen molar-refractivity contribution < 1.29 is 5.11 Å². The molecule has 6 nitrogen and oxygen atoms in total. The van der Waals surface area contributed by atoms with Crippen molar-refractivity contribution in [2.75, 3.05) is 31.1 Å². The summed E-state index contributed by atoms with van der Waals surface area (Å²) in [6.07, 6.45) is 4.44. The number of piperidine rings is 1. The van der Waals surface area contributed by atoms with E-state index in [1.807, 2.05) is 18.2 Å². The first-order valence-corrected chi connectivity index (χ1v) is 9.54. The summed E-state index contributed by atoms with van der Waals surface area (Å²) in [5, 5.41) is 10.0. The fourth-order valence-electron chi connectivity index (χ4n) is 4.08. The molecule has 1 unspecified atom stereocenters. The van der Waals surface area contributed by atoms with E-state index in [1.165, 1.54) is 0 Å². The van der Waals surface area contributed by atoms with Crippen molar-refractivity contribution >= 4 is 5.95 Å². The third-order valence-corrected chi connectivity index (χ3v) is 5.46. The Kier molecular flexibility index (Phi) is 4.93. The average Bonchev–Trinajstić information content (AvgIpc) is 3.18. The molecule has 0 spiro atoms. The number of hydrogen-bond donors (Lipinski definition) is 2. The molecule has 0 bridgehead atoms. The number of para-hydroxylation sites is 1. The highest BCUT2D eigenvalue weighted by atomic mass is 16.3. The van der Waals surface area contributed by atoms with Crippen LogP contribution in [0.2, 0.25) is 0 Å². The Morgan fingerprint density at radius 3 is 2.77 bits per heavy atom. The molecule has 138 valence electrons. The summed E-state index contributed by atoms with van der Waals surface area (Å²) in [5.74, 6) is 1.33. The number of anilines is 1. The smallest absolute Gasteiger partial charge is 0.252 e. The van der Waals surface area contributed by atoms with Crippen molar-refractivity contribution in [2.45, 2.75) is 38.1 Å². The number of aromatic nitrogens is 2. The highest BCUT2D eigenvalue weighted by molar-refractivity contribution is 5.33. The van der Waals surface area contributed by atoms with Crippen molar-refractivity contribution in [3.63, 3.8) is 0 Å². The van der Waals surface area contributed by atoms with Crippen LogP contribution in [0, 0.1) is 0 Å². The van der Waals surface area contributed by atoms with Gasteiger partial charge in [0.15, 0.2) is 0 Å². The molecule has 6 heteroatoms. The molecule has 0 saturated carbocycles. The second-order valence-corrected chi connectivity index (χ2v) is 7.39. The second kappa shape index (κ2) is 7.50. The van der Waals surface area contributed by atoms with Crippen LogP contribution in [0.5, 0.6) is 5.75 Å². The number of phenolic OH excluding ortho intramolecular Hbond substituents is 1. The van der Waals surface area contributed by atoms with Crippen LogP contribution in [0.4, 0.5) is 5.95 Å². The van der Waals surface area contributed by atoms with Crippen LogP contribution in [0.3, 0.4) is 0 Å². The molecular formula is C20H26N4O2. The molecule has 3 heterocycles. The summed E-state index contributed by atoms with van der Waals surface area (Å²) < 4.78 is 0. The molecule has 1 aromatic heterocycles. The lowest BCUT2D eigenvalue weighted by atomic mass is 9.94. The van der Waals surface area contributed by atoms with Gasteiger partial charge in [-0.25, -0.2) is 4.98 Å². The monoisotopic (exact) mass is 354 g/mol. The van der Waals surface area contributed by atoms with Crippen molar-refractivity contribution in [3.05, 3.63) is 51.9 Å². The van der Waals surface area contributed by atoms with Crippen molar-refractivity contribution in [3.8, 4) is 5.75 Å². The molecule has 0 amide bonds. The van der Waals surface area contributed by atoms with E-state index in [2.05, 4.69) is 14.8 Å². The molecule has 0 radical (unpaired) electrons. The highest BCUT2D eigenvalue weighted by Crippen LogP contribution is 2.28. The summed E-state index contributed by atoms with van der Waals surface area (Å²) >= 11 is 0. The van der Waals surface area contributed by atoms with Crippen LogP contribution in [-0.2, 0) is 6.54 Å². The number of nitrogens with zero attached hydrogens (tertiary/aromatic N) is 3. The summed E-state index contributed by atoms with van der Waals surface area (Å²) in [6, 6.07) is 9.16. The molecular weight excluding hydrogens is 328 g/mol. The molecule has 0 aliphatic carbocycles. The Balaban J connectivity index is 1.50. The predicted molar refractivity (Wildman–Crippen MR) is 102 cm³/mol. The molecule has 1 aromatic carbocycles. The first kappa shape index (κ1) is 17.1. The summed E-state index contributed by atoms with van der Waals surface area (Å²) in [4.78, 5) is 24.4. The molecule has 2 fully saturated rings. The van der Waals surface area contributed by atoms with E-state index in [1.54, 1.807) is 12.1 Å². The number of aromatic hydroxyl groups is 1. The minimum absolute atomic E-state index is 0.0604. The Morgan fingerprint density at radius 1 is 1.15 bits per heavy atom. The van der Waals surface area contributed by atoms with Crippen LogP contribution >= 0.6 is 0 Å². The van der Waals surface area contributed by atoms with E-state index in [0.717, 1.165) is 75.6 Å². The van der Waals surface area contributed by atoms with E-state index in [0.29, 0.717) is 5.75 Å². The largest absolute Gasteiger partial charge is 0.508 e. The Morgan fingerprint density at radius 2 is 1.96 bits per heavy atom. The van der Waals surface area contributed by atoms with E-state index in [-0.39, 0.29) is 11.5 Å². The standard InChI is InChI=1S/C20H26N4O2/c25-18-8-2-1-6-16(18)14-23-9-5-7-15(13-23)17-12-19(26)22-20(21-17)24-10-3-4-11-24/h1-2,6,8,12,15,25H,3-5,7,9-11,13-14H2,(H,21,22,26). The van der Waals surface area contributed by atoms with E-state index < -0.39 is 0 Å². The lowest BCUT2D eigenvalue weighted by Crippen LogP contribution is -2.35. The topological polar surface area (TPSA) is 72.5 Å². The van der Waals surface area contributed by atoms with Gasteiger partial charge in [0.25, 0.3) is 5.56 Å². The summed E-state index contributed by atoms with van der Waals surface area (Å²) in [5.41, 5.74) is 1.79. The number of benzene rings is 1. The zero-order valence-corrected chi connectivity index (χ0v) is 15.0. The second-order valence-electron chi connectivity index (χ2n) is 7.39. The number of H-pyrrole nitrogens is 1. The van der Waals surface area contributed by atoms with Gasteiger partial charge < -0.3 is 10.0 Å². The van der Waals surface area contributed by atoms with E-state index in [4.69, 9.17) is 4.98 Å². The Bertz CT molecular complexity index is 813. The quantitative estimate of drug-likeness (QED) is 0.882. The van der Waals surface area contributed by atoms with Crippen LogP contribution in [0.15, 0.2) is 35.1 Å². The maximum atomic E-state index is 12.2. The maximum Gasteiger partial charge on any atom is 0.252 e. The average molecular weight is 354 g/mol. The van der Waals surface area contributed by atoms with Gasteiger partial charge in [-0.05, 0) is 38.3 Å². The first-order chi connectivity index (χ1) is 12.7. The third-order valence-electron chi connectivity index (χ3n) is 5.46. The van der Waals surface area contributed by atoms with Gasteiger partial charge in [-0.15, -0.1) is 0 Å². The van der Waals surface area contributed by atoms with E-state index in [9.17, 15) is 9.90 Å². The lowest BCUT2D eigenvalue weighted by molar-refractivity contribution is 0.196. The molecule has 1 atom stereocenters. The fraction of sp³-hybridized carbons (Fsp3) is 0.500. The normalized spacial score (nSPS) is 21.2. The lowest BCUT2D eigenvalue weighted by Gasteiger charge is -2.32. The van der Waals surface area contributed by atoms with Gasteiger partial charge in [-0.3, -0.25) is 14.7 Å². The molecule has 26 heavy (non-hydrogen) atoms. The van der Waals surface area contributed by atoms with Crippen LogP contribution < -0.4 is 10.5 Å². The molecule has 2 saturated heterocycles. The molecule has 2 aromatic rings. The number of likely N-dealkylation sites (tertiary alicyclic amines) is 1. The van der Waals surface area contributed by atoms with Crippen LogP contribution in [0.1, 0.15) is 42.9 Å². The minimum Gasteiger partial charge on any atom is -0.508 e. The van der Waals surface area contributed by atoms with Crippen molar-refractivity contribution in [1.29, 1.82) is 0 Å². The van der Waals surface area contributed by atoms with Gasteiger partial charge in [0.2, 0.25) is 5.95 Å². The molecule has 2 N–H and O–H groups in total. The number of rotatable bonds is 4. The fourth-order valence-corrected chi connectivity index (χ4v) is 4.08. The number of aromatic amines is 1. The van der Waals surface area contributed by atoms with Crippen LogP contribution in [-0.4, -0.2) is 46.2 Å². The summed E-state index contributed by atoms with van der Waals surface area (Å²) in [6.45, 7) is 4.54. The maximum absolute atomic E-state index is 12.2. The molecule has 2 aliphatic heterocycles. The third kappa shape index (κ3) is 3.75. The molecule has 4 rings (SSSR count). The number of hydrogen-bond acceptors (Lipinski definition) is 5. The Hall–Kier alpha value is -2.34. The van der Waals surface area contributed by atoms with E-state index >= 15 is 0 Å². The highest BCUT2D eigenvalue weighted by Gasteiger charge is 2.25. The van der Waals surface area contributed by atoms with Gasteiger partial charge in [0.1, 0.15) is 5.75 Å². The Labute approximate surface area is 153 Å². The number of phenols is 1. The molecule has 2 aliphatic rings. The number of nitrogens with one attached hydrogen (secondary N) is 1. The SMILES string of the molecule is O=c1cc(C2CCCN(Cc3ccccc3O)C2)nc(N2CCCC2)[nH]1. The van der Waals surface area contributed by atoms with Gasteiger partial charge in [0.05, 0.1) is 5.69 Å². The first-order valence-electron chi connectivity index (χ1n) is 9.54. The van der Waals surface area contributed by atoms with Crippen molar-refractivity contribution in [2.24, 2.45) is 0 Å². The zero-order valence-electron chi connectivity index (χ0n) is 15.0. The van der Waals surface area contributed by atoms with Crippen molar-refractivity contribution in [1.82, 2.24) is 14.9 Å². The van der Waals surface area contributed by atoms with Gasteiger partial charge >= 0.3 is 0 Å². The van der Waals surface area contributed by atoms with Gasteiger partial charge in [0, 0.05) is 43.7 Å². The summed E-state index contributed by atoms with van der Waals surface area (Å²) in [7, 11) is 0. The minimum atomic E-state index is -0.0604. The zero-order chi connectivity index (χ0) is 17.9. The van der Waals surface area contributed by atoms with Gasteiger partial charge in [-0.2, -0.15) is 0 Å². The predicted octanol–water partition coefficient (Wildman–Crippen LogP) is 2.46. The van der Waals surface area contributed by atoms with Gasteiger partial charge in [-0.1, -0.05) is 18.2 Å². The van der Waals surface area contributed by atoms with Crippen LogP contribution in [0.25, 0.3) is 0 Å².